The minimum Gasteiger partial charge on any atom is -0.397 e. The highest BCUT2D eigenvalue weighted by molar-refractivity contribution is 7.21. The Bertz CT molecular complexity index is 672. The number of thiophene rings is 1. The second-order valence-corrected chi connectivity index (χ2v) is 5.94. The summed E-state index contributed by atoms with van der Waals surface area (Å²) in [6, 6.07) is 7.90. The van der Waals surface area contributed by atoms with E-state index >= 15 is 0 Å². The lowest BCUT2D eigenvalue weighted by Crippen LogP contribution is -2.34. The van der Waals surface area contributed by atoms with Gasteiger partial charge in [0.25, 0.3) is 5.91 Å². The van der Waals surface area contributed by atoms with Crippen molar-refractivity contribution in [2.75, 3.05) is 18.8 Å². The molecule has 1 aromatic heterocycles. The van der Waals surface area contributed by atoms with Crippen molar-refractivity contribution in [3.8, 4) is 0 Å². The fourth-order valence-electron chi connectivity index (χ4n) is 2.32. The average molecular weight is 272 g/mol. The maximum Gasteiger partial charge on any atom is 0.266 e. The Hall–Kier alpha value is -1.81. The van der Waals surface area contributed by atoms with Gasteiger partial charge in [-0.15, -0.1) is 11.3 Å². The van der Waals surface area contributed by atoms with Crippen molar-refractivity contribution in [2.24, 2.45) is 0 Å². The number of fused-ring (bicyclic) bond motifs is 1. The number of amides is 1. The first-order chi connectivity index (χ1) is 9.16. The minimum atomic E-state index is 0.0578. The Morgan fingerprint density at radius 3 is 2.84 bits per heavy atom. The summed E-state index contributed by atoms with van der Waals surface area (Å²) in [4.78, 5) is 15.1. The van der Waals surface area contributed by atoms with E-state index in [9.17, 15) is 4.79 Å². The van der Waals surface area contributed by atoms with Crippen LogP contribution in [-0.4, -0.2) is 23.9 Å². The molecule has 0 fully saturated rings. The summed E-state index contributed by atoms with van der Waals surface area (Å²) in [6.07, 6.45) is 3.07. The number of anilines is 1. The lowest BCUT2D eigenvalue weighted by molar-refractivity contribution is 0.0775. The molecule has 0 saturated heterocycles. The average Bonchev–Trinajstić information content (AvgIpc) is 2.77. The van der Waals surface area contributed by atoms with Crippen LogP contribution in [0.15, 0.2) is 35.9 Å². The summed E-state index contributed by atoms with van der Waals surface area (Å²) < 4.78 is 1.08. The van der Waals surface area contributed by atoms with Gasteiger partial charge < -0.3 is 10.6 Å². The van der Waals surface area contributed by atoms with Gasteiger partial charge in [0.2, 0.25) is 0 Å². The van der Waals surface area contributed by atoms with Crippen molar-refractivity contribution in [3.63, 3.8) is 0 Å². The van der Waals surface area contributed by atoms with Gasteiger partial charge in [-0.05, 0) is 19.4 Å². The molecule has 3 rings (SSSR count). The van der Waals surface area contributed by atoms with Gasteiger partial charge >= 0.3 is 0 Å². The minimum absolute atomic E-state index is 0.0578. The monoisotopic (exact) mass is 272 g/mol. The quantitative estimate of drug-likeness (QED) is 0.810. The Balaban J connectivity index is 1.96. The molecule has 1 aliphatic rings. The number of nitrogens with zero attached hydrogens (tertiary/aromatic N) is 1. The van der Waals surface area contributed by atoms with E-state index in [0.717, 1.165) is 23.1 Å². The molecule has 0 atom stereocenters. The summed E-state index contributed by atoms with van der Waals surface area (Å²) >= 11 is 1.49. The predicted molar refractivity (Wildman–Crippen MR) is 80.5 cm³/mol. The first-order valence-electron chi connectivity index (χ1n) is 6.38. The highest BCUT2D eigenvalue weighted by atomic mass is 32.1. The Labute approximate surface area is 116 Å². The molecule has 2 heterocycles. The molecule has 0 aliphatic carbocycles. The van der Waals surface area contributed by atoms with Crippen molar-refractivity contribution in [1.29, 1.82) is 0 Å². The van der Waals surface area contributed by atoms with Gasteiger partial charge in [-0.3, -0.25) is 4.79 Å². The van der Waals surface area contributed by atoms with Crippen molar-refractivity contribution >= 4 is 33.0 Å². The van der Waals surface area contributed by atoms with Crippen LogP contribution in [0.25, 0.3) is 10.1 Å². The molecule has 4 heteroatoms. The first kappa shape index (κ1) is 12.2. The third-order valence-corrected chi connectivity index (χ3v) is 4.73. The van der Waals surface area contributed by atoms with Crippen molar-refractivity contribution in [3.05, 3.63) is 40.8 Å². The number of rotatable bonds is 1. The molecule has 1 aromatic carbocycles. The number of hydrogen-bond acceptors (Lipinski definition) is 3. The smallest absolute Gasteiger partial charge is 0.266 e. The van der Waals surface area contributed by atoms with Crippen LogP contribution in [0.4, 0.5) is 5.69 Å². The molecular formula is C15H16N2OS. The van der Waals surface area contributed by atoms with Crippen LogP contribution in [0.3, 0.4) is 0 Å². The number of carbonyl (C=O) groups excluding carboxylic acids is 1. The SMILES string of the molecule is CC1=CCN(C(=O)c2sc3ccccc3c2N)CC1. The standard InChI is InChI=1S/C15H16N2OS/c1-10-6-8-17(9-7-10)15(18)14-13(16)11-4-2-3-5-12(11)19-14/h2-6H,7-9,16H2,1H3. The lowest BCUT2D eigenvalue weighted by Gasteiger charge is -2.25. The number of carbonyl (C=O) groups is 1. The summed E-state index contributed by atoms with van der Waals surface area (Å²) in [7, 11) is 0. The second kappa shape index (κ2) is 4.70. The highest BCUT2D eigenvalue weighted by Gasteiger charge is 2.22. The van der Waals surface area contributed by atoms with Crippen LogP contribution < -0.4 is 5.73 Å². The fraction of sp³-hybridized carbons (Fsp3) is 0.267. The summed E-state index contributed by atoms with van der Waals surface area (Å²) in [6.45, 7) is 3.59. The molecule has 1 amide bonds. The molecule has 19 heavy (non-hydrogen) atoms. The van der Waals surface area contributed by atoms with E-state index < -0.39 is 0 Å². The van der Waals surface area contributed by atoms with Crippen molar-refractivity contribution in [2.45, 2.75) is 13.3 Å². The Morgan fingerprint density at radius 1 is 1.37 bits per heavy atom. The molecule has 98 valence electrons. The fourth-order valence-corrected chi connectivity index (χ4v) is 3.41. The third-order valence-electron chi connectivity index (χ3n) is 3.55. The van der Waals surface area contributed by atoms with Crippen molar-refractivity contribution < 1.29 is 4.79 Å². The largest absolute Gasteiger partial charge is 0.397 e. The summed E-state index contributed by atoms with van der Waals surface area (Å²) in [5.41, 5.74) is 8.10. The topological polar surface area (TPSA) is 46.3 Å². The van der Waals surface area contributed by atoms with Crippen molar-refractivity contribution in [1.82, 2.24) is 4.90 Å². The molecule has 1 aliphatic heterocycles. The van der Waals surface area contributed by atoms with Gasteiger partial charge in [-0.25, -0.2) is 0 Å². The van der Waals surface area contributed by atoms with Crippen LogP contribution in [-0.2, 0) is 0 Å². The van der Waals surface area contributed by atoms with E-state index in [2.05, 4.69) is 13.0 Å². The zero-order valence-electron chi connectivity index (χ0n) is 10.8. The molecular weight excluding hydrogens is 256 g/mol. The summed E-state index contributed by atoms with van der Waals surface area (Å²) in [5.74, 6) is 0.0578. The zero-order valence-corrected chi connectivity index (χ0v) is 11.7. The van der Waals surface area contributed by atoms with Crippen LogP contribution in [0.5, 0.6) is 0 Å². The molecule has 0 saturated carbocycles. The van der Waals surface area contributed by atoms with Crippen LogP contribution >= 0.6 is 11.3 Å². The number of nitrogens with two attached hydrogens (primary N) is 1. The number of nitrogen functional groups attached to an aromatic ring is 1. The zero-order chi connectivity index (χ0) is 13.4. The molecule has 0 bridgehead atoms. The molecule has 2 N–H and O–H groups in total. The van der Waals surface area contributed by atoms with Crippen LogP contribution in [0.1, 0.15) is 23.0 Å². The highest BCUT2D eigenvalue weighted by Crippen LogP contribution is 2.34. The van der Waals surface area contributed by atoms with Gasteiger partial charge in [-0.1, -0.05) is 29.8 Å². The van der Waals surface area contributed by atoms with Gasteiger partial charge in [0.1, 0.15) is 4.88 Å². The van der Waals surface area contributed by atoms with E-state index in [1.165, 1.54) is 16.9 Å². The van der Waals surface area contributed by atoms with Crippen LogP contribution in [0.2, 0.25) is 0 Å². The lowest BCUT2D eigenvalue weighted by atomic mass is 10.1. The normalized spacial score (nSPS) is 15.6. The van der Waals surface area contributed by atoms with Gasteiger partial charge in [0.05, 0.1) is 5.69 Å². The number of hydrogen-bond donors (Lipinski definition) is 1. The summed E-state index contributed by atoms with van der Waals surface area (Å²) in [5, 5.41) is 0.986. The van der Waals surface area contributed by atoms with Gasteiger partial charge in [-0.2, -0.15) is 0 Å². The molecule has 0 unspecified atom stereocenters. The second-order valence-electron chi connectivity index (χ2n) is 4.89. The molecule has 0 spiro atoms. The van der Waals surface area contributed by atoms with Gasteiger partial charge in [0.15, 0.2) is 0 Å². The Morgan fingerprint density at radius 2 is 2.16 bits per heavy atom. The third kappa shape index (κ3) is 2.12. The van der Waals surface area contributed by atoms with E-state index in [-0.39, 0.29) is 5.91 Å². The first-order valence-corrected chi connectivity index (χ1v) is 7.20. The van der Waals surface area contributed by atoms with Gasteiger partial charge in [0, 0.05) is 23.2 Å². The van der Waals surface area contributed by atoms with Crippen LogP contribution in [0, 0.1) is 0 Å². The van der Waals surface area contributed by atoms with E-state index in [1.807, 2.05) is 29.2 Å². The van der Waals surface area contributed by atoms with E-state index in [4.69, 9.17) is 5.73 Å². The van der Waals surface area contributed by atoms with E-state index in [0.29, 0.717) is 17.1 Å². The molecule has 2 aromatic rings. The molecule has 3 nitrogen and oxygen atoms in total. The molecule has 0 radical (unpaired) electrons. The van der Waals surface area contributed by atoms with E-state index in [1.54, 1.807) is 0 Å². The number of benzene rings is 1. The maximum atomic E-state index is 12.5. The Kier molecular flexibility index (Phi) is 3.03. The predicted octanol–water partition coefficient (Wildman–Crippen LogP) is 3.28. The maximum absolute atomic E-state index is 12.5.